The normalized spacial score (nSPS) is 17.5. The van der Waals surface area contributed by atoms with Crippen molar-refractivity contribution in [2.24, 2.45) is 0 Å². The van der Waals surface area contributed by atoms with E-state index in [0.29, 0.717) is 18.3 Å². The molecule has 4 aromatic rings. The van der Waals surface area contributed by atoms with Gasteiger partial charge in [-0.1, -0.05) is 54.0 Å². The Labute approximate surface area is 190 Å². The maximum absolute atomic E-state index is 12.7. The lowest BCUT2D eigenvalue weighted by Crippen LogP contribution is -2.28. The highest BCUT2D eigenvalue weighted by atomic mass is 16.5. The van der Waals surface area contributed by atoms with Crippen molar-refractivity contribution in [3.05, 3.63) is 76.9 Å². The molecule has 33 heavy (non-hydrogen) atoms. The van der Waals surface area contributed by atoms with E-state index >= 15 is 0 Å². The number of nitrogens with zero attached hydrogens (tertiary/aromatic N) is 6. The quantitative estimate of drug-likeness (QED) is 0.488. The number of hydrogen-bond acceptors (Lipinski definition) is 7. The van der Waals surface area contributed by atoms with Crippen molar-refractivity contribution in [3.63, 3.8) is 0 Å². The van der Waals surface area contributed by atoms with E-state index in [-0.39, 0.29) is 17.8 Å². The first-order valence-corrected chi connectivity index (χ1v) is 11.3. The first-order valence-electron chi connectivity index (χ1n) is 11.3. The van der Waals surface area contributed by atoms with Gasteiger partial charge in [0.25, 0.3) is 11.7 Å². The summed E-state index contributed by atoms with van der Waals surface area (Å²) >= 11 is 0. The van der Waals surface area contributed by atoms with E-state index in [9.17, 15) is 4.79 Å². The molecule has 0 radical (unpaired) electrons. The molecular formula is C24H23N7O2. The molecule has 1 saturated carbocycles. The van der Waals surface area contributed by atoms with Gasteiger partial charge in [0.05, 0.1) is 12.6 Å². The summed E-state index contributed by atoms with van der Waals surface area (Å²) in [5.74, 6) is 1.55. The van der Waals surface area contributed by atoms with Gasteiger partial charge in [0.1, 0.15) is 0 Å². The summed E-state index contributed by atoms with van der Waals surface area (Å²) in [4.78, 5) is 18.8. The van der Waals surface area contributed by atoms with E-state index in [4.69, 9.17) is 4.52 Å². The van der Waals surface area contributed by atoms with Gasteiger partial charge in [0.2, 0.25) is 11.7 Å². The van der Waals surface area contributed by atoms with Crippen LogP contribution < -0.4 is 5.32 Å². The monoisotopic (exact) mass is 441 g/mol. The van der Waals surface area contributed by atoms with Crippen LogP contribution in [0.5, 0.6) is 0 Å². The number of aryl methyl sites for hydroxylation is 1. The molecule has 1 fully saturated rings. The number of hydrogen-bond donors (Lipinski definition) is 1. The van der Waals surface area contributed by atoms with Crippen LogP contribution in [0.25, 0.3) is 11.4 Å². The number of nitrogens with one attached hydrogen (secondary N) is 1. The first kappa shape index (κ1) is 19.8. The summed E-state index contributed by atoms with van der Waals surface area (Å²) < 4.78 is 5.46. The van der Waals surface area contributed by atoms with Crippen molar-refractivity contribution < 1.29 is 9.32 Å². The topological polar surface area (TPSA) is 112 Å². The molecule has 1 N–H and O–H groups in total. The number of benzene rings is 2. The standard InChI is InChI=1S/C24H23N7O2/c32-23(22-27-30-31(28-22)14-15-5-2-1-3-6-15)25-20-12-10-17-13-18(9-11-19(17)20)21-26-24(33-29-21)16-7-4-8-16/h1-3,5-6,9,11,13,16,20H,4,7-8,10,12,14H2,(H,25,32). The lowest BCUT2D eigenvalue weighted by molar-refractivity contribution is 0.0925. The Kier molecular flexibility index (Phi) is 4.93. The van der Waals surface area contributed by atoms with E-state index in [1.165, 1.54) is 16.8 Å². The Morgan fingerprint density at radius 2 is 2.00 bits per heavy atom. The molecular weight excluding hydrogens is 418 g/mol. The van der Waals surface area contributed by atoms with Gasteiger partial charge in [0, 0.05) is 11.5 Å². The lowest BCUT2D eigenvalue weighted by Gasteiger charge is -2.20. The Morgan fingerprint density at radius 1 is 1.12 bits per heavy atom. The van der Waals surface area contributed by atoms with Crippen molar-refractivity contribution >= 4 is 5.91 Å². The van der Waals surface area contributed by atoms with Gasteiger partial charge >= 0.3 is 0 Å². The summed E-state index contributed by atoms with van der Waals surface area (Å²) in [5, 5.41) is 19.4. The fourth-order valence-corrected chi connectivity index (χ4v) is 4.45. The highest BCUT2D eigenvalue weighted by Crippen LogP contribution is 2.37. The van der Waals surface area contributed by atoms with Crippen molar-refractivity contribution in [1.82, 2.24) is 35.7 Å². The molecule has 2 aromatic heterocycles. The number of carbonyl (C=O) groups is 1. The number of tetrazole rings is 1. The predicted molar refractivity (Wildman–Crippen MR) is 118 cm³/mol. The number of aromatic nitrogens is 6. The molecule has 1 atom stereocenters. The van der Waals surface area contributed by atoms with Gasteiger partial charge in [-0.3, -0.25) is 4.79 Å². The Balaban J connectivity index is 1.13. The second-order valence-corrected chi connectivity index (χ2v) is 8.69. The molecule has 0 bridgehead atoms. The van der Waals surface area contributed by atoms with E-state index in [2.05, 4.69) is 36.9 Å². The average Bonchev–Trinajstić information content (AvgIpc) is 3.54. The lowest BCUT2D eigenvalue weighted by atomic mass is 9.85. The summed E-state index contributed by atoms with van der Waals surface area (Å²) in [6, 6.07) is 15.9. The average molecular weight is 441 g/mol. The third-order valence-electron chi connectivity index (χ3n) is 6.50. The van der Waals surface area contributed by atoms with E-state index in [0.717, 1.165) is 48.3 Å². The largest absolute Gasteiger partial charge is 0.342 e. The Bertz CT molecular complexity index is 1290. The zero-order valence-corrected chi connectivity index (χ0v) is 18.0. The molecule has 2 aliphatic rings. The van der Waals surface area contributed by atoms with Crippen LogP contribution in [0.15, 0.2) is 53.1 Å². The second-order valence-electron chi connectivity index (χ2n) is 8.69. The van der Waals surface area contributed by atoms with Crippen molar-refractivity contribution in [2.75, 3.05) is 0 Å². The summed E-state index contributed by atoms with van der Waals surface area (Å²) in [6.07, 6.45) is 5.18. The van der Waals surface area contributed by atoms with Crippen molar-refractivity contribution in [2.45, 2.75) is 50.6 Å². The number of fused-ring (bicyclic) bond motifs is 1. The molecule has 0 spiro atoms. The minimum absolute atomic E-state index is 0.0753. The van der Waals surface area contributed by atoms with Gasteiger partial charge in [-0.25, -0.2) is 0 Å². The zero-order valence-electron chi connectivity index (χ0n) is 18.0. The van der Waals surface area contributed by atoms with E-state index < -0.39 is 0 Å². The van der Waals surface area contributed by atoms with Crippen LogP contribution in [-0.4, -0.2) is 36.3 Å². The van der Waals surface area contributed by atoms with Crippen LogP contribution in [0, 0.1) is 0 Å². The van der Waals surface area contributed by atoms with Crippen LogP contribution in [0.2, 0.25) is 0 Å². The smallest absolute Gasteiger partial charge is 0.293 e. The summed E-state index contributed by atoms with van der Waals surface area (Å²) in [5.41, 5.74) is 4.28. The highest BCUT2D eigenvalue weighted by molar-refractivity contribution is 5.90. The van der Waals surface area contributed by atoms with E-state index in [1.807, 2.05) is 42.5 Å². The predicted octanol–water partition coefficient (Wildman–Crippen LogP) is 3.46. The Morgan fingerprint density at radius 3 is 2.82 bits per heavy atom. The van der Waals surface area contributed by atoms with Gasteiger partial charge in [-0.2, -0.15) is 9.78 Å². The second kappa shape index (κ2) is 8.23. The van der Waals surface area contributed by atoms with Crippen LogP contribution >= 0.6 is 0 Å². The first-order chi connectivity index (χ1) is 16.2. The third-order valence-corrected chi connectivity index (χ3v) is 6.50. The van der Waals surface area contributed by atoms with Crippen LogP contribution in [-0.2, 0) is 13.0 Å². The fraction of sp³-hybridized carbons (Fsp3) is 0.333. The van der Waals surface area contributed by atoms with Gasteiger partial charge in [-0.05, 0) is 53.7 Å². The molecule has 2 aromatic carbocycles. The van der Waals surface area contributed by atoms with Crippen molar-refractivity contribution in [1.29, 1.82) is 0 Å². The maximum Gasteiger partial charge on any atom is 0.293 e. The molecule has 1 unspecified atom stereocenters. The van der Waals surface area contributed by atoms with Crippen LogP contribution in [0.4, 0.5) is 0 Å². The molecule has 1 amide bonds. The molecule has 2 aliphatic carbocycles. The van der Waals surface area contributed by atoms with Crippen LogP contribution in [0.3, 0.4) is 0 Å². The SMILES string of the molecule is O=C(NC1CCc2cc(-c3noc(C4CCC4)n3)ccc21)c1nnn(Cc2ccccc2)n1. The molecule has 9 nitrogen and oxygen atoms in total. The van der Waals surface area contributed by atoms with Crippen molar-refractivity contribution in [3.8, 4) is 11.4 Å². The number of carbonyl (C=O) groups excluding carboxylic acids is 1. The summed E-state index contributed by atoms with van der Waals surface area (Å²) in [6.45, 7) is 0.467. The number of amides is 1. The summed E-state index contributed by atoms with van der Waals surface area (Å²) in [7, 11) is 0. The van der Waals surface area contributed by atoms with Gasteiger partial charge in [0.15, 0.2) is 0 Å². The fourth-order valence-electron chi connectivity index (χ4n) is 4.45. The van der Waals surface area contributed by atoms with Gasteiger partial charge < -0.3 is 9.84 Å². The molecule has 0 aliphatic heterocycles. The minimum Gasteiger partial charge on any atom is -0.342 e. The van der Waals surface area contributed by atoms with Crippen LogP contribution in [0.1, 0.15) is 70.8 Å². The highest BCUT2D eigenvalue weighted by Gasteiger charge is 2.28. The molecule has 166 valence electrons. The minimum atomic E-state index is -0.320. The Hall–Kier alpha value is -3.88. The molecule has 6 rings (SSSR count). The third kappa shape index (κ3) is 3.90. The van der Waals surface area contributed by atoms with Gasteiger partial charge in [-0.15, -0.1) is 10.2 Å². The molecule has 2 heterocycles. The van der Waals surface area contributed by atoms with E-state index in [1.54, 1.807) is 0 Å². The number of rotatable bonds is 6. The zero-order chi connectivity index (χ0) is 22.2. The molecule has 0 saturated heterocycles. The maximum atomic E-state index is 12.7. The molecule has 9 heteroatoms.